The van der Waals surface area contributed by atoms with Crippen LogP contribution in [-0.2, 0) is 19.7 Å². The number of benzene rings is 1. The molecule has 0 aliphatic carbocycles. The van der Waals surface area contributed by atoms with Crippen molar-refractivity contribution >= 4 is 17.0 Å². The monoisotopic (exact) mass is 255 g/mol. The third kappa shape index (κ3) is 3.28. The number of hydrogen-bond donors (Lipinski definition) is 0. The van der Waals surface area contributed by atoms with E-state index >= 15 is 0 Å². The van der Waals surface area contributed by atoms with Crippen molar-refractivity contribution in [1.29, 1.82) is 0 Å². The number of anilines is 1. The van der Waals surface area contributed by atoms with Gasteiger partial charge in [-0.05, 0) is 26.0 Å². The zero-order valence-electron chi connectivity index (χ0n) is 10.0. The van der Waals surface area contributed by atoms with E-state index in [1.54, 1.807) is 0 Å². The molecule has 0 spiro atoms. The molecular formula is C12H17NO3S. The molecule has 0 amide bonds. The maximum atomic E-state index is 11.3. The summed E-state index contributed by atoms with van der Waals surface area (Å²) in [7, 11) is 0. The molecule has 0 bridgehead atoms. The van der Waals surface area contributed by atoms with E-state index < -0.39 is 11.4 Å². The lowest BCUT2D eigenvalue weighted by molar-refractivity contribution is 0.170. The van der Waals surface area contributed by atoms with Gasteiger partial charge in [-0.2, -0.15) is 4.21 Å². The first-order chi connectivity index (χ1) is 8.16. The first-order valence-electron chi connectivity index (χ1n) is 5.70. The van der Waals surface area contributed by atoms with Crippen LogP contribution in [0.5, 0.6) is 0 Å². The minimum absolute atomic E-state index is 0.126. The van der Waals surface area contributed by atoms with Crippen molar-refractivity contribution in [3.05, 3.63) is 30.3 Å². The van der Waals surface area contributed by atoms with Gasteiger partial charge in [0.1, 0.15) is 0 Å². The highest BCUT2D eigenvalue weighted by Gasteiger charge is 2.23. The van der Waals surface area contributed by atoms with Gasteiger partial charge < -0.3 is 4.90 Å². The lowest BCUT2D eigenvalue weighted by atomic mass is 10.2. The van der Waals surface area contributed by atoms with Crippen molar-refractivity contribution < 1.29 is 12.6 Å². The van der Waals surface area contributed by atoms with E-state index in [1.165, 1.54) is 0 Å². The van der Waals surface area contributed by atoms with Gasteiger partial charge in [0, 0.05) is 12.2 Å². The van der Waals surface area contributed by atoms with E-state index in [1.807, 2.05) is 25.1 Å². The molecule has 1 aromatic carbocycles. The van der Waals surface area contributed by atoms with Gasteiger partial charge in [-0.3, -0.25) is 8.37 Å². The van der Waals surface area contributed by atoms with Gasteiger partial charge in [-0.1, -0.05) is 18.2 Å². The SMILES string of the molecule is CC1CN(c2ccccc2)C(C)COS(=O)O1. The maximum Gasteiger partial charge on any atom is 0.305 e. The van der Waals surface area contributed by atoms with E-state index in [4.69, 9.17) is 8.37 Å². The third-order valence-corrected chi connectivity index (χ3v) is 3.54. The molecule has 5 heteroatoms. The Balaban J connectivity index is 2.17. The summed E-state index contributed by atoms with van der Waals surface area (Å²) in [5, 5.41) is 0. The van der Waals surface area contributed by atoms with Crippen LogP contribution >= 0.6 is 0 Å². The molecule has 94 valence electrons. The van der Waals surface area contributed by atoms with Crippen LogP contribution < -0.4 is 4.90 Å². The Hall–Kier alpha value is -0.910. The van der Waals surface area contributed by atoms with E-state index in [-0.39, 0.29) is 12.1 Å². The van der Waals surface area contributed by atoms with Crippen LogP contribution in [0.3, 0.4) is 0 Å². The van der Waals surface area contributed by atoms with Gasteiger partial charge in [-0.15, -0.1) is 0 Å². The summed E-state index contributed by atoms with van der Waals surface area (Å²) in [6.45, 7) is 5.06. The average Bonchev–Trinajstić information content (AvgIpc) is 2.33. The fourth-order valence-corrected chi connectivity index (χ4v) is 2.57. The van der Waals surface area contributed by atoms with Gasteiger partial charge >= 0.3 is 11.4 Å². The second-order valence-electron chi connectivity index (χ2n) is 4.23. The molecule has 1 saturated heterocycles. The van der Waals surface area contributed by atoms with Crippen molar-refractivity contribution in [2.45, 2.75) is 26.0 Å². The zero-order valence-corrected chi connectivity index (χ0v) is 10.9. The highest BCUT2D eigenvalue weighted by molar-refractivity contribution is 7.75. The van der Waals surface area contributed by atoms with Crippen molar-refractivity contribution in [1.82, 2.24) is 0 Å². The lowest BCUT2D eigenvalue weighted by Gasteiger charge is -2.34. The van der Waals surface area contributed by atoms with Crippen molar-refractivity contribution in [3.8, 4) is 0 Å². The summed E-state index contributed by atoms with van der Waals surface area (Å²) in [4.78, 5) is 2.21. The maximum absolute atomic E-state index is 11.3. The minimum atomic E-state index is -1.62. The van der Waals surface area contributed by atoms with Gasteiger partial charge in [0.25, 0.3) is 0 Å². The first-order valence-corrected chi connectivity index (χ1v) is 6.70. The van der Waals surface area contributed by atoms with Crippen LogP contribution in [0.25, 0.3) is 0 Å². The van der Waals surface area contributed by atoms with Crippen molar-refractivity contribution in [2.24, 2.45) is 0 Å². The van der Waals surface area contributed by atoms with Crippen LogP contribution in [0.15, 0.2) is 30.3 Å². The first kappa shape index (κ1) is 12.5. The molecule has 1 aliphatic rings. The normalized spacial score (nSPS) is 30.7. The van der Waals surface area contributed by atoms with E-state index in [9.17, 15) is 4.21 Å². The summed E-state index contributed by atoms with van der Waals surface area (Å²) >= 11 is -1.62. The Morgan fingerprint density at radius 2 is 2.00 bits per heavy atom. The Morgan fingerprint density at radius 3 is 2.71 bits per heavy atom. The van der Waals surface area contributed by atoms with Crippen LogP contribution in [0.4, 0.5) is 5.69 Å². The predicted molar refractivity (Wildman–Crippen MR) is 67.9 cm³/mol. The van der Waals surface area contributed by atoms with E-state index in [2.05, 4.69) is 24.0 Å². The second kappa shape index (κ2) is 5.62. The summed E-state index contributed by atoms with van der Waals surface area (Å²) in [6, 6.07) is 10.3. The van der Waals surface area contributed by atoms with Gasteiger partial charge in [0.15, 0.2) is 0 Å². The Morgan fingerprint density at radius 1 is 1.29 bits per heavy atom. The Kier molecular flexibility index (Phi) is 4.15. The third-order valence-electron chi connectivity index (χ3n) is 2.72. The van der Waals surface area contributed by atoms with Gasteiger partial charge in [0.2, 0.25) is 0 Å². The fraction of sp³-hybridized carbons (Fsp3) is 0.500. The van der Waals surface area contributed by atoms with Crippen molar-refractivity contribution in [3.63, 3.8) is 0 Å². The molecule has 1 heterocycles. The summed E-state index contributed by atoms with van der Waals surface area (Å²) < 4.78 is 21.6. The molecule has 1 fully saturated rings. The molecule has 0 saturated carbocycles. The molecule has 0 N–H and O–H groups in total. The molecule has 2 rings (SSSR count). The number of rotatable bonds is 1. The number of nitrogens with zero attached hydrogens (tertiary/aromatic N) is 1. The zero-order chi connectivity index (χ0) is 12.3. The molecule has 1 aromatic rings. The summed E-state index contributed by atoms with van der Waals surface area (Å²) in [5.41, 5.74) is 1.13. The second-order valence-corrected chi connectivity index (χ2v) is 5.07. The highest BCUT2D eigenvalue weighted by Crippen LogP contribution is 2.20. The molecule has 3 unspecified atom stereocenters. The van der Waals surface area contributed by atoms with Gasteiger partial charge in [0.05, 0.1) is 18.8 Å². The fourth-order valence-electron chi connectivity index (χ4n) is 1.87. The highest BCUT2D eigenvalue weighted by atomic mass is 32.2. The van der Waals surface area contributed by atoms with Crippen LogP contribution in [0.2, 0.25) is 0 Å². The Labute approximate surface area is 104 Å². The predicted octanol–water partition coefficient (Wildman–Crippen LogP) is 1.90. The van der Waals surface area contributed by atoms with E-state index in [0.29, 0.717) is 13.2 Å². The summed E-state index contributed by atoms with van der Waals surface area (Å²) in [6.07, 6.45) is -0.126. The minimum Gasteiger partial charge on any atom is -0.364 e. The quantitative estimate of drug-likeness (QED) is 0.768. The molecule has 1 aliphatic heterocycles. The molecule has 0 radical (unpaired) electrons. The molecule has 4 nitrogen and oxygen atoms in total. The molecular weight excluding hydrogens is 238 g/mol. The number of hydrogen-bond acceptors (Lipinski definition) is 4. The summed E-state index contributed by atoms with van der Waals surface area (Å²) in [5.74, 6) is 0. The molecule has 3 atom stereocenters. The topological polar surface area (TPSA) is 38.8 Å². The standard InChI is InChI=1S/C12H17NO3S/c1-10-9-15-17(14)16-11(2)8-13(10)12-6-4-3-5-7-12/h3-7,10-11H,8-9H2,1-2H3. The van der Waals surface area contributed by atoms with Crippen LogP contribution in [0, 0.1) is 0 Å². The Bertz CT molecular complexity index is 385. The smallest absolute Gasteiger partial charge is 0.305 e. The van der Waals surface area contributed by atoms with Gasteiger partial charge in [-0.25, -0.2) is 0 Å². The number of para-hydroxylation sites is 1. The largest absolute Gasteiger partial charge is 0.364 e. The van der Waals surface area contributed by atoms with Crippen LogP contribution in [0.1, 0.15) is 13.8 Å². The lowest BCUT2D eigenvalue weighted by Crippen LogP contribution is -2.44. The van der Waals surface area contributed by atoms with Crippen LogP contribution in [-0.4, -0.2) is 29.5 Å². The van der Waals surface area contributed by atoms with Crippen molar-refractivity contribution in [2.75, 3.05) is 18.1 Å². The average molecular weight is 255 g/mol. The molecule has 17 heavy (non-hydrogen) atoms. The molecule has 0 aromatic heterocycles. The van der Waals surface area contributed by atoms with E-state index in [0.717, 1.165) is 5.69 Å².